The minimum atomic E-state index is -0.879. The van der Waals surface area contributed by atoms with E-state index in [9.17, 15) is 4.79 Å². The maximum Gasteiger partial charge on any atom is 0.337 e. The van der Waals surface area contributed by atoms with Gasteiger partial charge in [-0.15, -0.1) is 0 Å². The van der Waals surface area contributed by atoms with E-state index in [0.29, 0.717) is 5.56 Å². The van der Waals surface area contributed by atoms with Crippen LogP contribution >= 0.6 is 0 Å². The third-order valence-electron chi connectivity index (χ3n) is 3.00. The van der Waals surface area contributed by atoms with Gasteiger partial charge in [0.25, 0.3) is 0 Å². The smallest absolute Gasteiger partial charge is 0.337 e. The van der Waals surface area contributed by atoms with Gasteiger partial charge in [-0.2, -0.15) is 0 Å². The van der Waals surface area contributed by atoms with Crippen molar-refractivity contribution in [3.05, 3.63) is 53.3 Å². The number of rotatable bonds is 3. The van der Waals surface area contributed by atoms with Gasteiger partial charge >= 0.3 is 5.97 Å². The molecule has 17 heavy (non-hydrogen) atoms. The first kappa shape index (κ1) is 11.5. The summed E-state index contributed by atoms with van der Waals surface area (Å²) >= 11 is 0. The Bertz CT molecular complexity index is 555. The molecule has 0 fully saturated rings. The molecule has 0 bridgehead atoms. The number of para-hydroxylation sites is 1. The van der Waals surface area contributed by atoms with E-state index in [4.69, 9.17) is 5.11 Å². The van der Waals surface area contributed by atoms with E-state index >= 15 is 0 Å². The molecule has 1 N–H and O–H groups in total. The Morgan fingerprint density at radius 1 is 1.29 bits per heavy atom. The molecule has 3 heteroatoms. The van der Waals surface area contributed by atoms with Gasteiger partial charge in [-0.25, -0.2) is 4.79 Å². The van der Waals surface area contributed by atoms with Crippen molar-refractivity contribution in [2.24, 2.45) is 0 Å². The van der Waals surface area contributed by atoms with Crippen LogP contribution in [-0.2, 0) is 6.42 Å². The van der Waals surface area contributed by atoms with E-state index < -0.39 is 5.97 Å². The van der Waals surface area contributed by atoms with Crippen LogP contribution in [0.4, 0.5) is 0 Å². The van der Waals surface area contributed by atoms with E-state index in [1.807, 2.05) is 35.9 Å². The lowest BCUT2D eigenvalue weighted by molar-refractivity contribution is 0.0696. The normalized spacial score (nSPS) is 10.5. The number of hydrogen-bond acceptors (Lipinski definition) is 1. The van der Waals surface area contributed by atoms with Crippen LogP contribution in [0.25, 0.3) is 5.69 Å². The van der Waals surface area contributed by atoms with E-state index in [-0.39, 0.29) is 0 Å². The minimum Gasteiger partial charge on any atom is -0.478 e. The highest BCUT2D eigenvalue weighted by molar-refractivity contribution is 5.89. The average molecular weight is 229 g/mol. The topological polar surface area (TPSA) is 42.2 Å². The highest BCUT2D eigenvalue weighted by Crippen LogP contribution is 2.20. The highest BCUT2D eigenvalue weighted by Gasteiger charge is 2.13. The molecule has 0 saturated heterocycles. The molecule has 1 aromatic carbocycles. The quantitative estimate of drug-likeness (QED) is 0.879. The SMILES string of the molecule is CCc1ccccc1-n1ccc(C(=O)O)c1C. The fourth-order valence-electron chi connectivity index (χ4n) is 2.04. The maximum absolute atomic E-state index is 11.0. The molecule has 0 unspecified atom stereocenters. The number of carbonyl (C=O) groups is 1. The zero-order chi connectivity index (χ0) is 12.4. The van der Waals surface area contributed by atoms with Gasteiger partial charge in [-0.3, -0.25) is 0 Å². The van der Waals surface area contributed by atoms with Crippen LogP contribution in [0.2, 0.25) is 0 Å². The number of aromatic nitrogens is 1. The Hall–Kier alpha value is -2.03. The molecule has 1 aromatic heterocycles. The van der Waals surface area contributed by atoms with Gasteiger partial charge in [0.05, 0.1) is 5.56 Å². The molecule has 1 heterocycles. The fourth-order valence-corrected chi connectivity index (χ4v) is 2.04. The summed E-state index contributed by atoms with van der Waals surface area (Å²) < 4.78 is 1.93. The van der Waals surface area contributed by atoms with Crippen molar-refractivity contribution in [3.8, 4) is 5.69 Å². The van der Waals surface area contributed by atoms with Gasteiger partial charge in [0.2, 0.25) is 0 Å². The van der Waals surface area contributed by atoms with Gasteiger partial charge in [-0.1, -0.05) is 25.1 Å². The van der Waals surface area contributed by atoms with Crippen LogP contribution in [0.1, 0.15) is 28.5 Å². The Morgan fingerprint density at radius 3 is 2.59 bits per heavy atom. The summed E-state index contributed by atoms with van der Waals surface area (Å²) in [4.78, 5) is 11.0. The molecule has 2 aromatic rings. The zero-order valence-corrected chi connectivity index (χ0v) is 9.97. The second-order valence-corrected chi connectivity index (χ2v) is 3.97. The minimum absolute atomic E-state index is 0.357. The fraction of sp³-hybridized carbons (Fsp3) is 0.214. The number of benzene rings is 1. The number of nitrogens with zero attached hydrogens (tertiary/aromatic N) is 1. The zero-order valence-electron chi connectivity index (χ0n) is 9.97. The first-order valence-corrected chi connectivity index (χ1v) is 5.64. The molecule has 0 spiro atoms. The first-order chi connectivity index (χ1) is 8.15. The van der Waals surface area contributed by atoms with Crippen LogP contribution < -0.4 is 0 Å². The predicted octanol–water partition coefficient (Wildman–Crippen LogP) is 3.05. The monoisotopic (exact) mass is 229 g/mol. The van der Waals surface area contributed by atoms with Gasteiger partial charge in [-0.05, 0) is 31.0 Å². The number of aromatic carboxylic acids is 1. The second kappa shape index (κ2) is 4.45. The predicted molar refractivity (Wildman–Crippen MR) is 66.8 cm³/mol. The molecule has 88 valence electrons. The van der Waals surface area contributed by atoms with E-state index in [1.165, 1.54) is 5.56 Å². The average Bonchev–Trinajstić information content (AvgIpc) is 2.71. The Morgan fingerprint density at radius 2 is 2.00 bits per heavy atom. The lowest BCUT2D eigenvalue weighted by atomic mass is 10.1. The van der Waals surface area contributed by atoms with E-state index in [2.05, 4.69) is 13.0 Å². The van der Waals surface area contributed by atoms with E-state index in [0.717, 1.165) is 17.8 Å². The number of hydrogen-bond donors (Lipinski definition) is 1. The van der Waals surface area contributed by atoms with E-state index in [1.54, 1.807) is 6.07 Å². The van der Waals surface area contributed by atoms with Crippen LogP contribution in [0.15, 0.2) is 36.5 Å². The molecule has 0 aliphatic carbocycles. The van der Waals surface area contributed by atoms with Gasteiger partial charge in [0, 0.05) is 17.6 Å². The lowest BCUT2D eigenvalue weighted by Crippen LogP contribution is -2.03. The molecule has 2 rings (SSSR count). The van der Waals surface area contributed by atoms with Gasteiger partial charge < -0.3 is 9.67 Å². The first-order valence-electron chi connectivity index (χ1n) is 5.64. The summed E-state index contributed by atoms with van der Waals surface area (Å²) in [6.07, 6.45) is 2.74. The molecule has 0 amide bonds. The summed E-state index contributed by atoms with van der Waals surface area (Å²) in [6.45, 7) is 3.92. The van der Waals surface area contributed by atoms with Crippen LogP contribution in [-0.4, -0.2) is 15.6 Å². The Labute approximate surface area is 100 Å². The van der Waals surface area contributed by atoms with Crippen molar-refractivity contribution >= 4 is 5.97 Å². The molecule has 3 nitrogen and oxygen atoms in total. The third-order valence-corrected chi connectivity index (χ3v) is 3.00. The van der Waals surface area contributed by atoms with Crippen LogP contribution in [0.5, 0.6) is 0 Å². The van der Waals surface area contributed by atoms with Gasteiger partial charge in [0.1, 0.15) is 0 Å². The molecule has 0 aliphatic rings. The Kier molecular flexibility index (Phi) is 3.00. The molecule has 0 aliphatic heterocycles. The van der Waals surface area contributed by atoms with Crippen molar-refractivity contribution in [2.45, 2.75) is 20.3 Å². The number of carboxylic acids is 1. The van der Waals surface area contributed by atoms with Crippen molar-refractivity contribution in [2.75, 3.05) is 0 Å². The molecular formula is C14H15NO2. The van der Waals surface area contributed by atoms with Crippen LogP contribution in [0, 0.1) is 6.92 Å². The largest absolute Gasteiger partial charge is 0.478 e. The lowest BCUT2D eigenvalue weighted by Gasteiger charge is -2.11. The Balaban J connectivity index is 2.57. The summed E-state index contributed by atoms with van der Waals surface area (Å²) in [5.74, 6) is -0.879. The van der Waals surface area contributed by atoms with Crippen molar-refractivity contribution < 1.29 is 9.90 Å². The number of carboxylic acid groups (broad SMARTS) is 1. The molecular weight excluding hydrogens is 214 g/mol. The number of aryl methyl sites for hydroxylation is 1. The summed E-state index contributed by atoms with van der Waals surface area (Å²) in [6, 6.07) is 9.68. The summed E-state index contributed by atoms with van der Waals surface area (Å²) in [7, 11) is 0. The van der Waals surface area contributed by atoms with Gasteiger partial charge in [0.15, 0.2) is 0 Å². The van der Waals surface area contributed by atoms with Crippen molar-refractivity contribution in [1.29, 1.82) is 0 Å². The molecule has 0 atom stereocenters. The second-order valence-electron chi connectivity index (χ2n) is 3.97. The van der Waals surface area contributed by atoms with Crippen LogP contribution in [0.3, 0.4) is 0 Å². The highest BCUT2D eigenvalue weighted by atomic mass is 16.4. The molecule has 0 saturated carbocycles. The summed E-state index contributed by atoms with van der Waals surface area (Å²) in [5.41, 5.74) is 3.39. The van der Waals surface area contributed by atoms with Crippen molar-refractivity contribution in [3.63, 3.8) is 0 Å². The maximum atomic E-state index is 11.0. The molecule has 0 radical (unpaired) electrons. The standard InChI is InChI=1S/C14H15NO2/c1-3-11-6-4-5-7-13(11)15-9-8-12(10(15)2)14(16)17/h4-9H,3H2,1-2H3,(H,16,17). The third kappa shape index (κ3) is 1.96. The summed E-state index contributed by atoms with van der Waals surface area (Å²) in [5, 5.41) is 9.04. The van der Waals surface area contributed by atoms with Crippen molar-refractivity contribution in [1.82, 2.24) is 4.57 Å².